The highest BCUT2D eigenvalue weighted by Gasteiger charge is 2.30. The second-order valence-corrected chi connectivity index (χ2v) is 9.05. The first-order valence-corrected chi connectivity index (χ1v) is 11.9. The molecule has 2 N–H and O–H groups in total. The molecule has 1 aliphatic heterocycles. The first-order chi connectivity index (χ1) is 15.4. The average Bonchev–Trinajstić information content (AvgIpc) is 2.84. The molecule has 2 aromatic carbocycles. The smallest absolute Gasteiger partial charge is 0.271 e. The lowest BCUT2D eigenvalue weighted by atomic mass is 10.2. The van der Waals surface area contributed by atoms with Crippen LogP contribution in [0.4, 0.5) is 5.69 Å². The van der Waals surface area contributed by atoms with Gasteiger partial charge in [-0.3, -0.25) is 20.4 Å². The maximum Gasteiger partial charge on any atom is 0.271 e. The van der Waals surface area contributed by atoms with Gasteiger partial charge in [0, 0.05) is 37.4 Å². The number of benzene rings is 2. The van der Waals surface area contributed by atoms with Crippen LogP contribution in [-0.4, -0.2) is 63.9 Å². The summed E-state index contributed by atoms with van der Waals surface area (Å²) >= 11 is 0. The third-order valence-corrected chi connectivity index (χ3v) is 7.22. The molecule has 0 bridgehead atoms. The van der Waals surface area contributed by atoms with Crippen LogP contribution >= 0.6 is 0 Å². The van der Waals surface area contributed by atoms with E-state index in [2.05, 4.69) is 29.6 Å². The summed E-state index contributed by atoms with van der Waals surface area (Å²) in [6.07, 6.45) is 0. The Morgan fingerprint density at radius 2 is 1.53 bits per heavy atom. The van der Waals surface area contributed by atoms with Crippen molar-refractivity contribution in [3.63, 3.8) is 0 Å². The van der Waals surface area contributed by atoms with Gasteiger partial charge in [-0.1, -0.05) is 12.1 Å². The van der Waals surface area contributed by atoms with Crippen molar-refractivity contribution in [2.45, 2.75) is 18.7 Å². The Labute approximate surface area is 188 Å². The zero-order valence-corrected chi connectivity index (χ0v) is 19.0. The van der Waals surface area contributed by atoms with Crippen LogP contribution in [0.3, 0.4) is 0 Å². The summed E-state index contributed by atoms with van der Waals surface area (Å²) in [5.74, 6) is -1.22. The van der Waals surface area contributed by atoms with E-state index in [1.54, 1.807) is 24.3 Å². The number of hydrazine groups is 1. The number of sulfonamides is 1. The van der Waals surface area contributed by atoms with Crippen molar-refractivity contribution in [3.8, 4) is 0 Å². The van der Waals surface area contributed by atoms with E-state index in [0.29, 0.717) is 18.8 Å². The highest BCUT2D eigenvalue weighted by Crippen LogP contribution is 2.21. The van der Waals surface area contributed by atoms with Crippen molar-refractivity contribution in [2.24, 2.45) is 0 Å². The summed E-state index contributed by atoms with van der Waals surface area (Å²) in [7, 11) is -3.87. The van der Waals surface area contributed by atoms with Crippen molar-refractivity contribution >= 4 is 27.5 Å². The Morgan fingerprint density at radius 1 is 0.938 bits per heavy atom. The number of nitrogens with one attached hydrogen (secondary N) is 2. The van der Waals surface area contributed by atoms with Gasteiger partial charge in [-0.25, -0.2) is 8.42 Å². The van der Waals surface area contributed by atoms with E-state index in [4.69, 9.17) is 4.74 Å². The monoisotopic (exact) mass is 460 g/mol. The predicted octanol–water partition coefficient (Wildman–Crippen LogP) is 1.63. The van der Waals surface area contributed by atoms with Crippen LogP contribution in [0.5, 0.6) is 0 Å². The van der Waals surface area contributed by atoms with Crippen molar-refractivity contribution < 1.29 is 22.7 Å². The number of rotatable bonds is 7. The van der Waals surface area contributed by atoms with Crippen molar-refractivity contribution in [3.05, 3.63) is 59.7 Å². The normalized spacial score (nSPS) is 14.6. The second kappa shape index (κ2) is 10.6. The van der Waals surface area contributed by atoms with Crippen LogP contribution in [-0.2, 0) is 14.8 Å². The van der Waals surface area contributed by atoms with E-state index in [1.165, 1.54) is 16.4 Å². The van der Waals surface area contributed by atoms with E-state index < -0.39 is 21.8 Å². The quantitative estimate of drug-likeness (QED) is 0.608. The Morgan fingerprint density at radius 3 is 2.16 bits per heavy atom. The Hall–Kier alpha value is -2.95. The van der Waals surface area contributed by atoms with E-state index >= 15 is 0 Å². The number of amides is 2. The minimum absolute atomic E-state index is 0.0452. The average molecular weight is 461 g/mol. The zero-order chi connectivity index (χ0) is 23.1. The minimum Gasteiger partial charge on any atom is -0.379 e. The second-order valence-electron chi connectivity index (χ2n) is 7.14. The van der Waals surface area contributed by atoms with E-state index in [-0.39, 0.29) is 23.5 Å². The summed E-state index contributed by atoms with van der Waals surface area (Å²) in [6, 6.07) is 12.9. The molecule has 1 aliphatic rings. The van der Waals surface area contributed by atoms with Crippen LogP contribution in [0.25, 0.3) is 0 Å². The lowest BCUT2D eigenvalue weighted by Gasteiger charge is -2.26. The molecule has 1 heterocycles. The molecule has 0 spiro atoms. The Bertz CT molecular complexity index is 1050. The third-order valence-electron chi connectivity index (χ3n) is 5.27. The van der Waals surface area contributed by atoms with Gasteiger partial charge in [0.15, 0.2) is 0 Å². The predicted molar refractivity (Wildman–Crippen MR) is 121 cm³/mol. The van der Waals surface area contributed by atoms with Gasteiger partial charge in [0.05, 0.1) is 23.7 Å². The lowest BCUT2D eigenvalue weighted by molar-refractivity contribution is 0.0729. The molecule has 2 aromatic rings. The molecule has 1 fully saturated rings. The summed E-state index contributed by atoms with van der Waals surface area (Å²) in [5, 5.41) is 0. The lowest BCUT2D eigenvalue weighted by Crippen LogP contribution is -2.44. The summed E-state index contributed by atoms with van der Waals surface area (Å²) < 4.78 is 32.5. The van der Waals surface area contributed by atoms with Gasteiger partial charge in [-0.05, 0) is 50.2 Å². The number of carbonyl (C=O) groups excluding carboxylic acids is 2. The highest BCUT2D eigenvalue weighted by molar-refractivity contribution is 7.89. The molecule has 3 rings (SSSR count). The number of hydrogen-bond acceptors (Lipinski definition) is 6. The van der Waals surface area contributed by atoms with Gasteiger partial charge in [-0.15, -0.1) is 0 Å². The largest absolute Gasteiger partial charge is 0.379 e. The van der Waals surface area contributed by atoms with E-state index in [0.717, 1.165) is 18.8 Å². The number of anilines is 1. The van der Waals surface area contributed by atoms with Crippen LogP contribution < -0.4 is 15.8 Å². The summed E-state index contributed by atoms with van der Waals surface area (Å²) in [4.78, 5) is 27.2. The number of nitrogens with zero attached hydrogens (tertiary/aromatic N) is 2. The first kappa shape index (κ1) is 23.7. The number of hydrogen-bond donors (Lipinski definition) is 2. The Kier molecular flexibility index (Phi) is 7.84. The fraction of sp³-hybridized carbons (Fsp3) is 0.364. The molecule has 0 unspecified atom stereocenters. The number of ether oxygens (including phenoxy) is 1. The van der Waals surface area contributed by atoms with Crippen molar-refractivity contribution in [2.75, 3.05) is 44.3 Å². The molecule has 0 saturated carbocycles. The maximum atomic E-state index is 13.0. The van der Waals surface area contributed by atoms with E-state index in [1.807, 2.05) is 12.1 Å². The SMILES string of the molecule is CCN(CC)c1ccc(C(=O)NNC(=O)c2ccccc2S(=O)(=O)N2CCOCC2)cc1. The van der Waals surface area contributed by atoms with Gasteiger partial charge in [0.2, 0.25) is 10.0 Å². The van der Waals surface area contributed by atoms with Gasteiger partial charge in [-0.2, -0.15) is 4.31 Å². The van der Waals surface area contributed by atoms with Crippen molar-refractivity contribution in [1.82, 2.24) is 15.2 Å². The highest BCUT2D eigenvalue weighted by atomic mass is 32.2. The molecule has 0 radical (unpaired) electrons. The molecule has 2 amide bonds. The number of morpholine rings is 1. The fourth-order valence-corrected chi connectivity index (χ4v) is 5.07. The van der Waals surface area contributed by atoms with Gasteiger partial charge >= 0.3 is 0 Å². The molecule has 172 valence electrons. The molecular formula is C22H28N4O5S. The third kappa shape index (κ3) is 5.26. The first-order valence-electron chi connectivity index (χ1n) is 10.5. The van der Waals surface area contributed by atoms with Gasteiger partial charge in [0.1, 0.15) is 0 Å². The van der Waals surface area contributed by atoms with Gasteiger partial charge < -0.3 is 9.64 Å². The zero-order valence-electron chi connectivity index (χ0n) is 18.2. The van der Waals surface area contributed by atoms with Crippen LogP contribution in [0, 0.1) is 0 Å². The molecular weight excluding hydrogens is 432 g/mol. The molecule has 1 saturated heterocycles. The van der Waals surface area contributed by atoms with Crippen LogP contribution in [0.1, 0.15) is 34.6 Å². The number of carbonyl (C=O) groups is 2. The molecule has 9 nitrogen and oxygen atoms in total. The Balaban J connectivity index is 1.70. The van der Waals surface area contributed by atoms with Crippen LogP contribution in [0.2, 0.25) is 0 Å². The van der Waals surface area contributed by atoms with Crippen LogP contribution in [0.15, 0.2) is 53.4 Å². The molecule has 0 aromatic heterocycles. The molecule has 32 heavy (non-hydrogen) atoms. The fourth-order valence-electron chi connectivity index (χ4n) is 3.47. The van der Waals surface area contributed by atoms with Crippen molar-refractivity contribution in [1.29, 1.82) is 0 Å². The molecule has 0 atom stereocenters. The molecule has 0 aliphatic carbocycles. The van der Waals surface area contributed by atoms with Gasteiger partial charge in [0.25, 0.3) is 11.8 Å². The summed E-state index contributed by atoms with van der Waals surface area (Å²) in [6.45, 7) is 6.85. The minimum atomic E-state index is -3.87. The summed E-state index contributed by atoms with van der Waals surface area (Å²) in [5.41, 5.74) is 5.99. The topological polar surface area (TPSA) is 108 Å². The maximum absolute atomic E-state index is 13.0. The molecule has 10 heteroatoms. The standard InChI is InChI=1S/C22H28N4O5S/c1-3-25(4-2)18-11-9-17(10-12-18)21(27)23-24-22(28)19-7-5-6-8-20(19)32(29,30)26-13-15-31-16-14-26/h5-12H,3-4,13-16H2,1-2H3,(H,23,27)(H,24,28). The van der Waals surface area contributed by atoms with E-state index in [9.17, 15) is 18.0 Å².